The van der Waals surface area contributed by atoms with Crippen LogP contribution in [0.5, 0.6) is 0 Å². The second kappa shape index (κ2) is 9.32. The van der Waals surface area contributed by atoms with Gasteiger partial charge in [-0.25, -0.2) is 4.39 Å². The fourth-order valence-corrected chi connectivity index (χ4v) is 5.07. The molecule has 3 aromatic heterocycles. The Morgan fingerprint density at radius 2 is 1.86 bits per heavy atom. The van der Waals surface area contributed by atoms with E-state index in [0.717, 1.165) is 69.4 Å². The van der Waals surface area contributed by atoms with Crippen molar-refractivity contribution in [2.75, 3.05) is 0 Å². The van der Waals surface area contributed by atoms with Crippen molar-refractivity contribution >= 4 is 33.7 Å². The Labute approximate surface area is 214 Å². The summed E-state index contributed by atoms with van der Waals surface area (Å²) >= 11 is 6.26. The van der Waals surface area contributed by atoms with Gasteiger partial charge >= 0.3 is 0 Å². The molecule has 1 aliphatic rings. The van der Waals surface area contributed by atoms with E-state index in [4.69, 9.17) is 16.6 Å². The first-order valence-electron chi connectivity index (χ1n) is 12.2. The molecule has 0 radical (unpaired) electrons. The fraction of sp³-hybridized carbons (Fsp3) is 0.167. The number of fused-ring (bicyclic) bond motifs is 2. The molecular formula is C30H24ClFN4. The first-order chi connectivity index (χ1) is 17.6. The number of rotatable bonds is 6. The zero-order valence-electron chi connectivity index (χ0n) is 19.9. The Morgan fingerprint density at radius 3 is 2.75 bits per heavy atom. The number of nitrogens with zero attached hydrogens (tertiary/aromatic N) is 4. The first-order valence-corrected chi connectivity index (χ1v) is 12.5. The SMILES string of the molecule is CCCCn1cc(-c2cnc3ccc(C4=C(c5cc(Cl)ccc5F)Cc5cccnc54)cc3c2)cn1. The van der Waals surface area contributed by atoms with Crippen LogP contribution in [0.1, 0.15) is 42.1 Å². The molecule has 0 saturated heterocycles. The summed E-state index contributed by atoms with van der Waals surface area (Å²) in [6.45, 7) is 3.08. The molecule has 0 fully saturated rings. The number of hydrogen-bond donors (Lipinski definition) is 0. The van der Waals surface area contributed by atoms with Crippen LogP contribution >= 0.6 is 11.6 Å². The molecule has 4 nitrogen and oxygen atoms in total. The van der Waals surface area contributed by atoms with Crippen LogP contribution in [0.15, 0.2) is 79.4 Å². The van der Waals surface area contributed by atoms with E-state index in [1.54, 1.807) is 18.3 Å². The number of halogens is 2. The molecule has 5 aromatic rings. The van der Waals surface area contributed by atoms with Gasteiger partial charge in [0.05, 0.1) is 17.4 Å². The third kappa shape index (κ3) is 4.10. The highest BCUT2D eigenvalue weighted by Crippen LogP contribution is 2.43. The smallest absolute Gasteiger partial charge is 0.130 e. The lowest BCUT2D eigenvalue weighted by atomic mass is 9.94. The minimum Gasteiger partial charge on any atom is -0.272 e. The van der Waals surface area contributed by atoms with Gasteiger partial charge in [0.1, 0.15) is 5.82 Å². The van der Waals surface area contributed by atoms with Gasteiger partial charge in [-0.3, -0.25) is 14.6 Å². The van der Waals surface area contributed by atoms with Gasteiger partial charge in [-0.2, -0.15) is 5.10 Å². The second-order valence-electron chi connectivity index (χ2n) is 9.14. The molecule has 0 N–H and O–H groups in total. The van der Waals surface area contributed by atoms with Gasteiger partial charge in [-0.1, -0.05) is 37.1 Å². The average Bonchev–Trinajstić information content (AvgIpc) is 3.53. The van der Waals surface area contributed by atoms with Crippen molar-refractivity contribution in [3.8, 4) is 11.1 Å². The lowest BCUT2D eigenvalue weighted by Gasteiger charge is -2.11. The molecule has 6 heteroatoms. The van der Waals surface area contributed by atoms with Gasteiger partial charge in [0.15, 0.2) is 0 Å². The molecule has 0 amide bonds. The van der Waals surface area contributed by atoms with Crippen LogP contribution in [-0.2, 0) is 13.0 Å². The minimum atomic E-state index is -0.287. The number of allylic oxidation sites excluding steroid dienone is 1. The Morgan fingerprint density at radius 1 is 0.972 bits per heavy atom. The van der Waals surface area contributed by atoms with Gasteiger partial charge in [0, 0.05) is 64.2 Å². The van der Waals surface area contributed by atoms with Crippen LogP contribution in [0.4, 0.5) is 4.39 Å². The molecule has 0 unspecified atom stereocenters. The summed E-state index contributed by atoms with van der Waals surface area (Å²) in [5, 5.41) is 6.02. The molecule has 178 valence electrons. The summed E-state index contributed by atoms with van der Waals surface area (Å²) in [6.07, 6.45) is 10.5. The fourth-order valence-electron chi connectivity index (χ4n) is 4.90. The van der Waals surface area contributed by atoms with Crippen molar-refractivity contribution in [2.24, 2.45) is 0 Å². The van der Waals surface area contributed by atoms with Gasteiger partial charge in [-0.05, 0) is 65.6 Å². The van der Waals surface area contributed by atoms with E-state index in [1.807, 2.05) is 35.3 Å². The van der Waals surface area contributed by atoms with Crippen molar-refractivity contribution in [1.82, 2.24) is 19.7 Å². The normalized spacial score (nSPS) is 13.0. The van der Waals surface area contributed by atoms with E-state index in [1.165, 1.54) is 6.07 Å². The van der Waals surface area contributed by atoms with Crippen molar-refractivity contribution < 1.29 is 4.39 Å². The summed E-state index contributed by atoms with van der Waals surface area (Å²) in [5.74, 6) is -0.287. The molecule has 2 aromatic carbocycles. The van der Waals surface area contributed by atoms with E-state index in [9.17, 15) is 4.39 Å². The minimum absolute atomic E-state index is 0.287. The van der Waals surface area contributed by atoms with Gasteiger partial charge in [0.2, 0.25) is 0 Å². The number of aromatic nitrogens is 4. The summed E-state index contributed by atoms with van der Waals surface area (Å²) in [6, 6.07) is 17.0. The molecule has 3 heterocycles. The zero-order chi connectivity index (χ0) is 24.6. The maximum Gasteiger partial charge on any atom is 0.130 e. The van der Waals surface area contributed by atoms with Crippen LogP contribution in [0, 0.1) is 5.82 Å². The summed E-state index contributed by atoms with van der Waals surface area (Å²) in [5.41, 5.74) is 8.24. The zero-order valence-corrected chi connectivity index (χ0v) is 20.6. The highest BCUT2D eigenvalue weighted by molar-refractivity contribution is 6.30. The lowest BCUT2D eigenvalue weighted by molar-refractivity contribution is 0.572. The Bertz CT molecular complexity index is 1640. The largest absolute Gasteiger partial charge is 0.272 e. The van der Waals surface area contributed by atoms with Crippen LogP contribution in [-0.4, -0.2) is 19.7 Å². The van der Waals surface area contributed by atoms with Gasteiger partial charge < -0.3 is 0 Å². The number of benzene rings is 2. The first kappa shape index (κ1) is 22.6. The molecule has 0 atom stereocenters. The molecule has 0 saturated carbocycles. The summed E-state index contributed by atoms with van der Waals surface area (Å²) < 4.78 is 17.0. The molecule has 36 heavy (non-hydrogen) atoms. The second-order valence-corrected chi connectivity index (χ2v) is 9.58. The molecule has 0 spiro atoms. The van der Waals surface area contributed by atoms with Crippen LogP contribution < -0.4 is 0 Å². The highest BCUT2D eigenvalue weighted by atomic mass is 35.5. The topological polar surface area (TPSA) is 43.6 Å². The summed E-state index contributed by atoms with van der Waals surface area (Å²) in [7, 11) is 0. The number of aryl methyl sites for hydroxylation is 1. The van der Waals surface area contributed by atoms with E-state index < -0.39 is 0 Å². The molecule has 0 aliphatic heterocycles. The van der Waals surface area contributed by atoms with Crippen LogP contribution in [0.25, 0.3) is 33.2 Å². The molecule has 1 aliphatic carbocycles. The maximum absolute atomic E-state index is 15.0. The van der Waals surface area contributed by atoms with E-state index >= 15 is 0 Å². The monoisotopic (exact) mass is 494 g/mol. The lowest BCUT2D eigenvalue weighted by Crippen LogP contribution is -1.96. The van der Waals surface area contributed by atoms with E-state index in [-0.39, 0.29) is 5.82 Å². The van der Waals surface area contributed by atoms with Crippen molar-refractivity contribution in [1.29, 1.82) is 0 Å². The predicted octanol–water partition coefficient (Wildman–Crippen LogP) is 7.60. The highest BCUT2D eigenvalue weighted by Gasteiger charge is 2.27. The Balaban J connectivity index is 1.48. The van der Waals surface area contributed by atoms with Crippen molar-refractivity contribution in [3.05, 3.63) is 113 Å². The van der Waals surface area contributed by atoms with Crippen LogP contribution in [0.2, 0.25) is 5.02 Å². The standard InChI is InChI=1S/C30H24ClFN4/c1-2-3-11-36-18-23(17-35-36)22-13-21-12-19(6-9-28(21)34-16-22)29-26(14-20-5-4-10-33-30(20)29)25-15-24(31)7-8-27(25)32/h4-10,12-13,15-18H,2-3,11,14H2,1H3. The third-order valence-electron chi connectivity index (χ3n) is 6.73. The van der Waals surface area contributed by atoms with Crippen molar-refractivity contribution in [2.45, 2.75) is 32.7 Å². The van der Waals surface area contributed by atoms with Crippen molar-refractivity contribution in [3.63, 3.8) is 0 Å². The quantitative estimate of drug-likeness (QED) is 0.244. The predicted molar refractivity (Wildman–Crippen MR) is 143 cm³/mol. The Kier molecular flexibility index (Phi) is 5.86. The molecule has 6 rings (SSSR count). The maximum atomic E-state index is 15.0. The summed E-state index contributed by atoms with van der Waals surface area (Å²) in [4.78, 5) is 9.38. The van der Waals surface area contributed by atoms with Gasteiger partial charge in [0.25, 0.3) is 0 Å². The van der Waals surface area contributed by atoms with E-state index in [2.05, 4.69) is 41.4 Å². The number of pyridine rings is 2. The number of unbranched alkanes of at least 4 members (excludes halogenated alkanes) is 1. The Hall–Kier alpha value is -3.83. The van der Waals surface area contributed by atoms with E-state index in [0.29, 0.717) is 17.0 Å². The van der Waals surface area contributed by atoms with Crippen LogP contribution in [0.3, 0.4) is 0 Å². The molecular weight excluding hydrogens is 471 g/mol. The third-order valence-corrected chi connectivity index (χ3v) is 6.96. The number of hydrogen-bond acceptors (Lipinski definition) is 3. The average molecular weight is 495 g/mol. The van der Waals surface area contributed by atoms with Gasteiger partial charge in [-0.15, -0.1) is 0 Å². The molecule has 0 bridgehead atoms.